The molecule has 5 nitrogen and oxygen atoms in total. The molecular weight excluding hydrogens is 302 g/mol. The van der Waals surface area contributed by atoms with Crippen LogP contribution in [0, 0.1) is 0 Å². The van der Waals surface area contributed by atoms with E-state index in [2.05, 4.69) is 25.2 Å². The van der Waals surface area contributed by atoms with Gasteiger partial charge < -0.3 is 15.1 Å². The van der Waals surface area contributed by atoms with Crippen LogP contribution in [0.2, 0.25) is 0 Å². The van der Waals surface area contributed by atoms with Crippen LogP contribution >= 0.6 is 0 Å². The van der Waals surface area contributed by atoms with Gasteiger partial charge in [0, 0.05) is 50.2 Å². The highest BCUT2D eigenvalue weighted by atomic mass is 16.2. The van der Waals surface area contributed by atoms with Crippen molar-refractivity contribution in [3.63, 3.8) is 0 Å². The Morgan fingerprint density at radius 1 is 1.17 bits per heavy atom. The number of nitrogens with one attached hydrogen (secondary N) is 1. The molecule has 0 spiro atoms. The van der Waals surface area contributed by atoms with E-state index in [-0.39, 0.29) is 11.8 Å². The fraction of sp³-hybridized carbons (Fsp3) is 0.579. The van der Waals surface area contributed by atoms with Crippen LogP contribution in [0.15, 0.2) is 24.3 Å². The summed E-state index contributed by atoms with van der Waals surface area (Å²) in [4.78, 5) is 28.5. The molecule has 2 heterocycles. The van der Waals surface area contributed by atoms with E-state index in [0.29, 0.717) is 37.9 Å². The molecule has 0 aliphatic carbocycles. The van der Waals surface area contributed by atoms with E-state index in [4.69, 9.17) is 0 Å². The Kier molecular flexibility index (Phi) is 5.19. The molecule has 1 N–H and O–H groups in total. The molecule has 0 aromatic heterocycles. The molecule has 1 aromatic carbocycles. The van der Waals surface area contributed by atoms with Gasteiger partial charge in [0.25, 0.3) is 0 Å². The number of hydrogen-bond acceptors (Lipinski definition) is 3. The van der Waals surface area contributed by atoms with Gasteiger partial charge in [0.15, 0.2) is 0 Å². The van der Waals surface area contributed by atoms with E-state index in [1.165, 1.54) is 5.56 Å². The Labute approximate surface area is 144 Å². The van der Waals surface area contributed by atoms with Gasteiger partial charge in [0.05, 0.1) is 0 Å². The predicted octanol–water partition coefficient (Wildman–Crippen LogP) is 1.95. The second-order valence-electron chi connectivity index (χ2n) is 7.05. The van der Waals surface area contributed by atoms with Crippen LogP contribution in [0.4, 0.5) is 5.69 Å². The summed E-state index contributed by atoms with van der Waals surface area (Å²) < 4.78 is 0. The molecule has 130 valence electrons. The molecule has 2 aliphatic rings. The first-order chi connectivity index (χ1) is 11.5. The second-order valence-corrected chi connectivity index (χ2v) is 7.05. The minimum Gasteiger partial charge on any atom is -0.340 e. The molecule has 5 heteroatoms. The quantitative estimate of drug-likeness (QED) is 0.919. The number of anilines is 1. The average molecular weight is 329 g/mol. The van der Waals surface area contributed by atoms with E-state index in [1.54, 1.807) is 0 Å². The van der Waals surface area contributed by atoms with Crippen molar-refractivity contribution in [2.24, 2.45) is 0 Å². The lowest BCUT2D eigenvalue weighted by atomic mass is 10.0. The lowest BCUT2D eigenvalue weighted by Gasteiger charge is -2.36. The molecule has 2 amide bonds. The lowest BCUT2D eigenvalue weighted by Crippen LogP contribution is -2.55. The van der Waals surface area contributed by atoms with Gasteiger partial charge in [-0.2, -0.15) is 0 Å². The van der Waals surface area contributed by atoms with E-state index in [1.807, 2.05) is 28.0 Å². The van der Waals surface area contributed by atoms with Crippen molar-refractivity contribution >= 4 is 17.5 Å². The Morgan fingerprint density at radius 2 is 1.88 bits per heavy atom. The van der Waals surface area contributed by atoms with Crippen molar-refractivity contribution in [3.05, 3.63) is 29.8 Å². The molecular formula is C19H27N3O2. The van der Waals surface area contributed by atoms with Crippen molar-refractivity contribution in [3.8, 4) is 0 Å². The van der Waals surface area contributed by atoms with Crippen molar-refractivity contribution in [2.75, 3.05) is 24.5 Å². The lowest BCUT2D eigenvalue weighted by molar-refractivity contribution is -0.133. The molecule has 0 saturated carbocycles. The third-order valence-corrected chi connectivity index (χ3v) is 4.87. The zero-order valence-electron chi connectivity index (χ0n) is 14.6. The van der Waals surface area contributed by atoms with Gasteiger partial charge in [-0.25, -0.2) is 0 Å². The largest absolute Gasteiger partial charge is 0.340 e. The summed E-state index contributed by atoms with van der Waals surface area (Å²) in [6.45, 7) is 6.39. The Balaban J connectivity index is 1.55. The summed E-state index contributed by atoms with van der Waals surface area (Å²) in [5.41, 5.74) is 2.25. The van der Waals surface area contributed by atoms with Crippen LogP contribution in [-0.2, 0) is 16.0 Å². The first-order valence-corrected chi connectivity index (χ1v) is 8.96. The van der Waals surface area contributed by atoms with Gasteiger partial charge in [-0.1, -0.05) is 18.2 Å². The maximum absolute atomic E-state index is 12.5. The fourth-order valence-corrected chi connectivity index (χ4v) is 3.82. The highest BCUT2D eigenvalue weighted by molar-refractivity contribution is 5.96. The monoisotopic (exact) mass is 329 g/mol. The molecule has 0 unspecified atom stereocenters. The molecule has 2 aliphatic heterocycles. The summed E-state index contributed by atoms with van der Waals surface area (Å²) in [7, 11) is 0. The van der Waals surface area contributed by atoms with Gasteiger partial charge in [-0.3, -0.25) is 9.59 Å². The SMILES string of the molecule is C[C@H]1CN(C(=O)CCCN2C(=O)CCc3ccccc32)C[C@H](C)N1. The van der Waals surface area contributed by atoms with Gasteiger partial charge in [-0.15, -0.1) is 0 Å². The van der Waals surface area contributed by atoms with Crippen molar-refractivity contribution in [2.45, 2.75) is 51.6 Å². The molecule has 1 aromatic rings. The summed E-state index contributed by atoms with van der Waals surface area (Å²) >= 11 is 0. The van der Waals surface area contributed by atoms with Crippen LogP contribution in [0.3, 0.4) is 0 Å². The number of fused-ring (bicyclic) bond motifs is 1. The van der Waals surface area contributed by atoms with E-state index in [9.17, 15) is 9.59 Å². The molecule has 0 bridgehead atoms. The highest BCUT2D eigenvalue weighted by Gasteiger charge is 2.26. The summed E-state index contributed by atoms with van der Waals surface area (Å²) in [6.07, 6.45) is 2.61. The molecule has 2 atom stereocenters. The topological polar surface area (TPSA) is 52.7 Å². The molecule has 3 rings (SSSR count). The number of rotatable bonds is 4. The Bertz CT molecular complexity index is 606. The van der Waals surface area contributed by atoms with Crippen LogP contribution in [0.1, 0.15) is 38.7 Å². The van der Waals surface area contributed by atoms with Crippen molar-refractivity contribution in [1.29, 1.82) is 0 Å². The van der Waals surface area contributed by atoms with Crippen LogP contribution in [0.25, 0.3) is 0 Å². The summed E-state index contributed by atoms with van der Waals surface area (Å²) in [5.74, 6) is 0.374. The van der Waals surface area contributed by atoms with Crippen LogP contribution in [0.5, 0.6) is 0 Å². The number of nitrogens with zero attached hydrogens (tertiary/aromatic N) is 2. The standard InChI is InChI=1S/C19H27N3O2/c1-14-12-21(13-15(2)20-14)18(23)8-5-11-22-17-7-4-3-6-16(17)9-10-19(22)24/h3-4,6-7,14-15,20H,5,8-13H2,1-2H3/t14-,15-/m0/s1. The maximum atomic E-state index is 12.5. The van der Waals surface area contributed by atoms with E-state index in [0.717, 1.165) is 25.2 Å². The third-order valence-electron chi connectivity index (χ3n) is 4.87. The number of para-hydroxylation sites is 1. The molecule has 0 radical (unpaired) electrons. The zero-order chi connectivity index (χ0) is 17.1. The molecule has 1 saturated heterocycles. The molecule has 24 heavy (non-hydrogen) atoms. The highest BCUT2D eigenvalue weighted by Crippen LogP contribution is 2.27. The van der Waals surface area contributed by atoms with Crippen molar-refractivity contribution < 1.29 is 9.59 Å². The predicted molar refractivity (Wildman–Crippen MR) is 95.0 cm³/mol. The number of hydrogen-bond donors (Lipinski definition) is 1. The summed E-state index contributed by atoms with van der Waals surface area (Å²) in [6, 6.07) is 8.76. The van der Waals surface area contributed by atoms with Crippen LogP contribution in [-0.4, -0.2) is 48.4 Å². The Morgan fingerprint density at radius 3 is 2.62 bits per heavy atom. The number of benzene rings is 1. The average Bonchev–Trinajstić information content (AvgIpc) is 2.56. The van der Waals surface area contributed by atoms with Crippen molar-refractivity contribution in [1.82, 2.24) is 10.2 Å². The summed E-state index contributed by atoms with van der Waals surface area (Å²) in [5, 5.41) is 3.44. The maximum Gasteiger partial charge on any atom is 0.227 e. The minimum absolute atomic E-state index is 0.172. The molecule has 1 fully saturated rings. The number of amides is 2. The zero-order valence-corrected chi connectivity index (χ0v) is 14.6. The van der Waals surface area contributed by atoms with Gasteiger partial charge in [-0.05, 0) is 38.3 Å². The van der Waals surface area contributed by atoms with E-state index >= 15 is 0 Å². The fourth-order valence-electron chi connectivity index (χ4n) is 3.82. The normalized spacial score (nSPS) is 24.0. The number of aryl methyl sites for hydroxylation is 1. The van der Waals surface area contributed by atoms with Gasteiger partial charge in [0.1, 0.15) is 0 Å². The first kappa shape index (κ1) is 17.0. The Hall–Kier alpha value is -1.88. The van der Waals surface area contributed by atoms with Gasteiger partial charge >= 0.3 is 0 Å². The number of carbonyl (C=O) groups excluding carboxylic acids is 2. The number of piperazine rings is 1. The second kappa shape index (κ2) is 7.34. The third kappa shape index (κ3) is 3.78. The smallest absolute Gasteiger partial charge is 0.227 e. The van der Waals surface area contributed by atoms with E-state index < -0.39 is 0 Å². The van der Waals surface area contributed by atoms with Crippen LogP contribution < -0.4 is 10.2 Å². The first-order valence-electron chi connectivity index (χ1n) is 8.96. The number of carbonyl (C=O) groups is 2. The minimum atomic E-state index is 0.172. The van der Waals surface area contributed by atoms with Gasteiger partial charge in [0.2, 0.25) is 11.8 Å².